The van der Waals surface area contributed by atoms with Crippen LogP contribution < -0.4 is 10.1 Å². The number of carbonyl (C=O) groups excluding carboxylic acids is 1. The Morgan fingerprint density at radius 2 is 2.29 bits per heavy atom. The Hall–Kier alpha value is -1.23. The van der Waals surface area contributed by atoms with Crippen molar-refractivity contribution in [2.24, 2.45) is 0 Å². The average Bonchev–Trinajstić information content (AvgIpc) is 2.35. The van der Waals surface area contributed by atoms with Crippen molar-refractivity contribution < 1.29 is 14.6 Å². The maximum Gasteiger partial charge on any atom is 0.255 e. The Labute approximate surface area is 109 Å². The van der Waals surface area contributed by atoms with E-state index in [1.807, 2.05) is 6.92 Å². The highest BCUT2D eigenvalue weighted by molar-refractivity contribution is 9.09. The molecule has 1 atom stereocenters. The SMILES string of the molecule is CCC(CBr)NC(=O)c1ccc(OC)cc1O. The molecule has 0 saturated heterocycles. The van der Waals surface area contributed by atoms with Crippen molar-refractivity contribution in [3.05, 3.63) is 23.8 Å². The van der Waals surface area contributed by atoms with E-state index in [4.69, 9.17) is 4.74 Å². The second kappa shape index (κ2) is 6.49. The highest BCUT2D eigenvalue weighted by Gasteiger charge is 2.15. The zero-order chi connectivity index (χ0) is 12.8. The van der Waals surface area contributed by atoms with Crippen LogP contribution in [-0.4, -0.2) is 29.5 Å². The van der Waals surface area contributed by atoms with Crippen molar-refractivity contribution in [2.75, 3.05) is 12.4 Å². The summed E-state index contributed by atoms with van der Waals surface area (Å²) in [6.07, 6.45) is 0.827. The first kappa shape index (κ1) is 13.8. The maximum atomic E-state index is 11.9. The Bertz CT molecular complexity index is 391. The number of ether oxygens (including phenoxy) is 1. The number of nitrogens with one attached hydrogen (secondary N) is 1. The molecule has 0 radical (unpaired) electrons. The zero-order valence-electron chi connectivity index (χ0n) is 9.87. The van der Waals surface area contributed by atoms with E-state index in [0.717, 1.165) is 6.42 Å². The molecule has 0 aliphatic rings. The molecule has 1 aromatic rings. The Balaban J connectivity index is 2.82. The quantitative estimate of drug-likeness (QED) is 0.821. The first-order chi connectivity index (χ1) is 8.12. The smallest absolute Gasteiger partial charge is 0.255 e. The highest BCUT2D eigenvalue weighted by Crippen LogP contribution is 2.23. The number of hydrogen-bond acceptors (Lipinski definition) is 3. The van der Waals surface area contributed by atoms with Gasteiger partial charge in [-0.3, -0.25) is 4.79 Å². The molecule has 1 aromatic carbocycles. The maximum absolute atomic E-state index is 11.9. The molecule has 2 N–H and O–H groups in total. The van der Waals surface area contributed by atoms with Crippen molar-refractivity contribution in [1.29, 1.82) is 0 Å². The first-order valence-corrected chi connectivity index (χ1v) is 6.48. The molecule has 4 nitrogen and oxygen atoms in total. The van der Waals surface area contributed by atoms with E-state index in [9.17, 15) is 9.90 Å². The summed E-state index contributed by atoms with van der Waals surface area (Å²) in [5.74, 6) is 0.161. The molecular formula is C12H16BrNO3. The summed E-state index contributed by atoms with van der Waals surface area (Å²) in [5.41, 5.74) is 0.255. The summed E-state index contributed by atoms with van der Waals surface area (Å²) in [6.45, 7) is 1.99. The molecule has 94 valence electrons. The van der Waals surface area contributed by atoms with Gasteiger partial charge in [-0.05, 0) is 18.6 Å². The van der Waals surface area contributed by atoms with Gasteiger partial charge in [0.1, 0.15) is 11.5 Å². The first-order valence-electron chi connectivity index (χ1n) is 5.36. The van der Waals surface area contributed by atoms with Crippen molar-refractivity contribution in [2.45, 2.75) is 19.4 Å². The summed E-state index contributed by atoms with van der Waals surface area (Å²) in [6, 6.07) is 4.67. The normalized spacial score (nSPS) is 11.9. The van der Waals surface area contributed by atoms with E-state index in [1.54, 1.807) is 12.1 Å². The van der Waals surface area contributed by atoms with Crippen LogP contribution in [0.1, 0.15) is 23.7 Å². The largest absolute Gasteiger partial charge is 0.507 e. The number of phenolic OH excluding ortho intramolecular Hbond substituents is 1. The van der Waals surface area contributed by atoms with Gasteiger partial charge in [0.05, 0.1) is 12.7 Å². The van der Waals surface area contributed by atoms with Crippen molar-refractivity contribution in [3.8, 4) is 11.5 Å². The lowest BCUT2D eigenvalue weighted by Crippen LogP contribution is -2.35. The molecule has 0 saturated carbocycles. The van der Waals surface area contributed by atoms with Crippen LogP contribution in [0.5, 0.6) is 11.5 Å². The van der Waals surface area contributed by atoms with Crippen LogP contribution >= 0.6 is 15.9 Å². The molecule has 0 heterocycles. The van der Waals surface area contributed by atoms with Crippen molar-refractivity contribution >= 4 is 21.8 Å². The van der Waals surface area contributed by atoms with Crippen molar-refractivity contribution in [3.63, 3.8) is 0 Å². The van der Waals surface area contributed by atoms with Gasteiger partial charge in [-0.2, -0.15) is 0 Å². The number of halogens is 1. The van der Waals surface area contributed by atoms with Crippen LogP contribution in [-0.2, 0) is 0 Å². The van der Waals surface area contributed by atoms with Crippen LogP contribution in [0.3, 0.4) is 0 Å². The molecule has 0 spiro atoms. The van der Waals surface area contributed by atoms with E-state index in [2.05, 4.69) is 21.2 Å². The van der Waals surface area contributed by atoms with Gasteiger partial charge in [-0.1, -0.05) is 22.9 Å². The fourth-order valence-corrected chi connectivity index (χ4v) is 1.96. The number of alkyl halides is 1. The summed E-state index contributed by atoms with van der Waals surface area (Å²) in [5, 5.41) is 13.2. The number of aromatic hydroxyl groups is 1. The number of phenols is 1. The van der Waals surface area contributed by atoms with E-state index < -0.39 is 0 Å². The third-order valence-electron chi connectivity index (χ3n) is 2.46. The van der Waals surface area contributed by atoms with E-state index >= 15 is 0 Å². The van der Waals surface area contributed by atoms with Crippen LogP contribution in [0.15, 0.2) is 18.2 Å². The molecule has 0 aliphatic heterocycles. The van der Waals surface area contributed by atoms with Gasteiger partial charge in [0.15, 0.2) is 0 Å². The van der Waals surface area contributed by atoms with Gasteiger partial charge < -0.3 is 15.2 Å². The number of hydrogen-bond donors (Lipinski definition) is 2. The molecular weight excluding hydrogens is 286 g/mol. The number of rotatable bonds is 5. The fraction of sp³-hybridized carbons (Fsp3) is 0.417. The van der Waals surface area contributed by atoms with Gasteiger partial charge in [0, 0.05) is 17.4 Å². The molecule has 0 bridgehead atoms. The minimum absolute atomic E-state index is 0.0593. The lowest BCUT2D eigenvalue weighted by molar-refractivity contribution is 0.0937. The molecule has 5 heteroatoms. The lowest BCUT2D eigenvalue weighted by atomic mass is 10.1. The summed E-state index contributed by atoms with van der Waals surface area (Å²) < 4.78 is 4.95. The fourth-order valence-electron chi connectivity index (χ4n) is 1.34. The minimum atomic E-state index is -0.281. The van der Waals surface area contributed by atoms with Gasteiger partial charge in [-0.25, -0.2) is 0 Å². The topological polar surface area (TPSA) is 58.6 Å². The standard InChI is InChI=1S/C12H16BrNO3/c1-3-8(7-13)14-12(16)10-5-4-9(17-2)6-11(10)15/h4-6,8,15H,3,7H2,1-2H3,(H,14,16). The zero-order valence-corrected chi connectivity index (χ0v) is 11.5. The molecule has 0 fully saturated rings. The van der Waals surface area contributed by atoms with E-state index in [-0.39, 0.29) is 23.3 Å². The Morgan fingerprint density at radius 3 is 2.76 bits per heavy atom. The summed E-state index contributed by atoms with van der Waals surface area (Å²) >= 11 is 3.32. The molecule has 0 aliphatic carbocycles. The monoisotopic (exact) mass is 301 g/mol. The number of benzene rings is 1. The molecule has 1 amide bonds. The van der Waals surface area contributed by atoms with Crippen molar-refractivity contribution in [1.82, 2.24) is 5.32 Å². The highest BCUT2D eigenvalue weighted by atomic mass is 79.9. The molecule has 1 unspecified atom stereocenters. The van der Waals surface area contributed by atoms with E-state index in [1.165, 1.54) is 13.2 Å². The Morgan fingerprint density at radius 1 is 1.59 bits per heavy atom. The lowest BCUT2D eigenvalue weighted by Gasteiger charge is -2.14. The number of carbonyl (C=O) groups is 1. The van der Waals surface area contributed by atoms with Gasteiger partial charge in [-0.15, -0.1) is 0 Å². The van der Waals surface area contributed by atoms with Crippen LogP contribution in [0.4, 0.5) is 0 Å². The predicted molar refractivity (Wildman–Crippen MR) is 70.0 cm³/mol. The van der Waals surface area contributed by atoms with Gasteiger partial charge in [0.25, 0.3) is 5.91 Å². The molecule has 0 aromatic heterocycles. The van der Waals surface area contributed by atoms with Gasteiger partial charge in [0.2, 0.25) is 0 Å². The predicted octanol–water partition coefficient (Wildman–Crippen LogP) is 2.30. The second-order valence-electron chi connectivity index (χ2n) is 3.62. The second-order valence-corrected chi connectivity index (χ2v) is 4.26. The third-order valence-corrected chi connectivity index (χ3v) is 3.25. The summed E-state index contributed by atoms with van der Waals surface area (Å²) in [7, 11) is 1.51. The minimum Gasteiger partial charge on any atom is -0.507 e. The van der Waals surface area contributed by atoms with Gasteiger partial charge >= 0.3 is 0 Å². The Kier molecular flexibility index (Phi) is 5.28. The van der Waals surface area contributed by atoms with Crippen LogP contribution in [0.25, 0.3) is 0 Å². The molecule has 17 heavy (non-hydrogen) atoms. The molecule has 1 rings (SSSR count). The number of methoxy groups -OCH3 is 1. The summed E-state index contributed by atoms with van der Waals surface area (Å²) in [4.78, 5) is 11.9. The third kappa shape index (κ3) is 3.63. The van der Waals surface area contributed by atoms with Crippen LogP contribution in [0.2, 0.25) is 0 Å². The van der Waals surface area contributed by atoms with Crippen LogP contribution in [0, 0.1) is 0 Å². The van der Waals surface area contributed by atoms with E-state index in [0.29, 0.717) is 11.1 Å². The number of amides is 1. The average molecular weight is 302 g/mol.